The van der Waals surface area contributed by atoms with Crippen molar-refractivity contribution in [1.82, 2.24) is 5.32 Å². The molecule has 1 aliphatic heterocycles. The second-order valence-corrected chi connectivity index (χ2v) is 8.11. The zero-order valence-corrected chi connectivity index (χ0v) is 18.8. The first-order chi connectivity index (χ1) is 15.8. The molecule has 1 saturated heterocycles. The molecule has 1 fully saturated rings. The lowest BCUT2D eigenvalue weighted by Gasteiger charge is -2.32. The smallest absolute Gasteiger partial charge is 0.124 e. The van der Waals surface area contributed by atoms with Crippen molar-refractivity contribution in [3.05, 3.63) is 77.9 Å². The number of hydrogen-bond acceptors (Lipinski definition) is 5. The van der Waals surface area contributed by atoms with Crippen LogP contribution >= 0.6 is 0 Å². The van der Waals surface area contributed by atoms with Gasteiger partial charge in [-0.3, -0.25) is 0 Å². The molecule has 1 N–H and O–H groups in total. The van der Waals surface area contributed by atoms with E-state index >= 15 is 0 Å². The molecule has 0 amide bonds. The summed E-state index contributed by atoms with van der Waals surface area (Å²) in [7, 11) is 1.68. The van der Waals surface area contributed by atoms with Crippen LogP contribution in [0, 0.1) is 0 Å². The highest BCUT2D eigenvalue weighted by Gasteiger charge is 2.26. The molecule has 0 aliphatic carbocycles. The lowest BCUT2D eigenvalue weighted by Crippen LogP contribution is -2.46. The molecule has 2 atom stereocenters. The number of para-hydroxylation sites is 1. The number of hydrogen-bond donors (Lipinski definition) is 1. The van der Waals surface area contributed by atoms with Crippen LogP contribution in [0.4, 0.5) is 0 Å². The highest BCUT2D eigenvalue weighted by Crippen LogP contribution is 2.22. The van der Waals surface area contributed by atoms with Gasteiger partial charge in [0.2, 0.25) is 0 Å². The maximum Gasteiger partial charge on any atom is 0.124 e. The molecule has 0 aromatic heterocycles. The van der Waals surface area contributed by atoms with Crippen LogP contribution in [0.15, 0.2) is 66.7 Å². The second kappa shape index (κ2) is 12.0. The topological polar surface area (TPSA) is 49.0 Å². The Labute approximate surface area is 190 Å². The Morgan fingerprint density at radius 2 is 1.62 bits per heavy atom. The number of piperidine rings is 1. The van der Waals surface area contributed by atoms with E-state index < -0.39 is 0 Å². The summed E-state index contributed by atoms with van der Waals surface area (Å²) in [5.74, 6) is 0.865. The Kier molecular flexibility index (Phi) is 8.51. The van der Waals surface area contributed by atoms with Gasteiger partial charge in [0.25, 0.3) is 0 Å². The van der Waals surface area contributed by atoms with Crippen LogP contribution in [0.5, 0.6) is 5.75 Å². The van der Waals surface area contributed by atoms with Gasteiger partial charge in [-0.1, -0.05) is 60.7 Å². The van der Waals surface area contributed by atoms with E-state index in [2.05, 4.69) is 47.8 Å². The average Bonchev–Trinajstić information content (AvgIpc) is 2.85. The Hall–Kier alpha value is -2.44. The van der Waals surface area contributed by atoms with E-state index in [-0.39, 0.29) is 12.2 Å². The molecular formula is C27H33NO4. The van der Waals surface area contributed by atoms with Crippen LogP contribution in [0.1, 0.15) is 24.0 Å². The SMILES string of the molecule is COc1ccccc1COCCCO[C@@H]1CCNC[C@H]1OCc1cccc2ccccc12. The Morgan fingerprint density at radius 1 is 0.812 bits per heavy atom. The summed E-state index contributed by atoms with van der Waals surface area (Å²) in [5, 5.41) is 5.94. The number of fused-ring (bicyclic) bond motifs is 1. The van der Waals surface area contributed by atoms with E-state index in [1.165, 1.54) is 16.3 Å². The third-order valence-electron chi connectivity index (χ3n) is 5.91. The first kappa shape index (κ1) is 22.7. The number of methoxy groups -OCH3 is 1. The van der Waals surface area contributed by atoms with Crippen LogP contribution in [0.25, 0.3) is 10.8 Å². The van der Waals surface area contributed by atoms with Gasteiger partial charge >= 0.3 is 0 Å². The molecular weight excluding hydrogens is 402 g/mol. The Balaban J connectivity index is 1.21. The van der Waals surface area contributed by atoms with Gasteiger partial charge in [-0.25, -0.2) is 0 Å². The van der Waals surface area contributed by atoms with Crippen molar-refractivity contribution in [3.8, 4) is 5.75 Å². The van der Waals surface area contributed by atoms with Crippen LogP contribution in [-0.2, 0) is 27.4 Å². The summed E-state index contributed by atoms with van der Waals surface area (Å²) < 4.78 is 23.7. The molecule has 3 aromatic rings. The standard InChI is InChI=1S/C27H33NO4/c1-29-25-13-5-3-9-23(25)19-30-16-7-17-31-26-14-15-28-18-27(26)32-20-22-11-6-10-21-8-2-4-12-24(21)22/h2-6,8-13,26-28H,7,14-20H2,1H3/t26-,27-/m1/s1. The molecule has 0 bridgehead atoms. The van der Waals surface area contributed by atoms with Crippen molar-refractivity contribution in [2.45, 2.75) is 38.3 Å². The summed E-state index contributed by atoms with van der Waals surface area (Å²) >= 11 is 0. The predicted molar refractivity (Wildman–Crippen MR) is 127 cm³/mol. The monoisotopic (exact) mass is 435 g/mol. The van der Waals surface area contributed by atoms with Gasteiger partial charge in [0.05, 0.1) is 32.5 Å². The van der Waals surface area contributed by atoms with Crippen molar-refractivity contribution >= 4 is 10.8 Å². The molecule has 0 saturated carbocycles. The third kappa shape index (κ3) is 6.08. The zero-order chi connectivity index (χ0) is 22.0. The zero-order valence-electron chi connectivity index (χ0n) is 18.8. The summed E-state index contributed by atoms with van der Waals surface area (Å²) in [4.78, 5) is 0. The van der Waals surface area contributed by atoms with Crippen molar-refractivity contribution in [3.63, 3.8) is 0 Å². The molecule has 1 heterocycles. The number of rotatable bonds is 11. The summed E-state index contributed by atoms with van der Waals surface area (Å²) in [6.07, 6.45) is 1.98. The second-order valence-electron chi connectivity index (χ2n) is 8.11. The Bertz CT molecular complexity index is 971. The number of nitrogens with one attached hydrogen (secondary N) is 1. The normalized spacial score (nSPS) is 18.7. The molecule has 32 heavy (non-hydrogen) atoms. The van der Waals surface area contributed by atoms with Gasteiger partial charge in [0, 0.05) is 25.3 Å². The predicted octanol–water partition coefficient (Wildman–Crippen LogP) is 4.72. The molecule has 5 nitrogen and oxygen atoms in total. The lowest BCUT2D eigenvalue weighted by molar-refractivity contribution is -0.0937. The van der Waals surface area contributed by atoms with Gasteiger partial charge in [0.1, 0.15) is 5.75 Å². The largest absolute Gasteiger partial charge is 0.496 e. The summed E-state index contributed by atoms with van der Waals surface area (Å²) in [6, 6.07) is 22.8. The van der Waals surface area contributed by atoms with E-state index in [9.17, 15) is 0 Å². The van der Waals surface area contributed by atoms with E-state index in [4.69, 9.17) is 18.9 Å². The van der Waals surface area contributed by atoms with Crippen LogP contribution in [-0.4, -0.2) is 45.6 Å². The molecule has 3 aromatic carbocycles. The fourth-order valence-electron chi connectivity index (χ4n) is 4.18. The molecule has 170 valence electrons. The molecule has 0 radical (unpaired) electrons. The first-order valence-corrected chi connectivity index (χ1v) is 11.5. The first-order valence-electron chi connectivity index (χ1n) is 11.5. The van der Waals surface area contributed by atoms with E-state index in [1.807, 2.05) is 24.3 Å². The quantitative estimate of drug-likeness (QED) is 0.442. The number of ether oxygens (including phenoxy) is 4. The minimum Gasteiger partial charge on any atom is -0.496 e. The maximum atomic E-state index is 6.32. The van der Waals surface area contributed by atoms with Crippen molar-refractivity contribution in [2.24, 2.45) is 0 Å². The highest BCUT2D eigenvalue weighted by molar-refractivity contribution is 5.85. The van der Waals surface area contributed by atoms with Gasteiger partial charge in [0.15, 0.2) is 0 Å². The van der Waals surface area contributed by atoms with Gasteiger partial charge in [-0.05, 0) is 41.8 Å². The fourth-order valence-corrected chi connectivity index (χ4v) is 4.18. The van der Waals surface area contributed by atoms with Crippen molar-refractivity contribution in [1.29, 1.82) is 0 Å². The van der Waals surface area contributed by atoms with Crippen LogP contribution < -0.4 is 10.1 Å². The molecule has 4 rings (SSSR count). The van der Waals surface area contributed by atoms with Gasteiger partial charge < -0.3 is 24.3 Å². The lowest BCUT2D eigenvalue weighted by atomic mass is 10.0. The van der Waals surface area contributed by atoms with E-state index in [0.717, 1.165) is 37.2 Å². The maximum absolute atomic E-state index is 6.32. The number of benzene rings is 3. The van der Waals surface area contributed by atoms with Crippen LogP contribution in [0.2, 0.25) is 0 Å². The Morgan fingerprint density at radius 3 is 2.56 bits per heavy atom. The van der Waals surface area contributed by atoms with Crippen LogP contribution in [0.3, 0.4) is 0 Å². The third-order valence-corrected chi connectivity index (χ3v) is 5.91. The molecule has 5 heteroatoms. The summed E-state index contributed by atoms with van der Waals surface area (Å²) in [6.45, 7) is 4.25. The fraction of sp³-hybridized carbons (Fsp3) is 0.407. The minimum absolute atomic E-state index is 0.0530. The highest BCUT2D eigenvalue weighted by atomic mass is 16.5. The summed E-state index contributed by atoms with van der Waals surface area (Å²) in [5.41, 5.74) is 2.29. The van der Waals surface area contributed by atoms with E-state index in [1.54, 1.807) is 7.11 Å². The van der Waals surface area contributed by atoms with Crippen molar-refractivity contribution in [2.75, 3.05) is 33.4 Å². The van der Waals surface area contributed by atoms with E-state index in [0.29, 0.717) is 26.4 Å². The minimum atomic E-state index is 0.0530. The van der Waals surface area contributed by atoms with Crippen molar-refractivity contribution < 1.29 is 18.9 Å². The average molecular weight is 436 g/mol. The van der Waals surface area contributed by atoms with Gasteiger partial charge in [-0.2, -0.15) is 0 Å². The molecule has 1 aliphatic rings. The molecule has 0 spiro atoms. The van der Waals surface area contributed by atoms with Gasteiger partial charge in [-0.15, -0.1) is 0 Å². The molecule has 0 unspecified atom stereocenters.